The van der Waals surface area contributed by atoms with Crippen molar-refractivity contribution < 1.29 is 19.8 Å². The lowest BCUT2D eigenvalue weighted by molar-refractivity contribution is -0.152. The number of hydrogen-bond donors (Lipinski definition) is 2. The number of carbonyl (C=O) groups is 2. The number of hydrogen-bond acceptors (Lipinski definition) is 3. The van der Waals surface area contributed by atoms with Crippen LogP contribution in [0.1, 0.15) is 44.2 Å². The van der Waals surface area contributed by atoms with Gasteiger partial charge in [0.25, 0.3) is 0 Å². The molecule has 0 saturated carbocycles. The van der Waals surface area contributed by atoms with Gasteiger partial charge in [-0.15, -0.1) is 0 Å². The minimum Gasteiger partial charge on any atom is -0.481 e. The van der Waals surface area contributed by atoms with Crippen molar-refractivity contribution in [2.45, 2.75) is 50.8 Å². The zero-order valence-corrected chi connectivity index (χ0v) is 14.8. The summed E-state index contributed by atoms with van der Waals surface area (Å²) in [6, 6.07) is 6.78. The first-order valence-electron chi connectivity index (χ1n) is 8.55. The number of aliphatic hydroxyl groups is 1. The van der Waals surface area contributed by atoms with Crippen molar-refractivity contribution >= 4 is 23.5 Å². The minimum absolute atomic E-state index is 0.172. The number of rotatable bonds is 6. The van der Waals surface area contributed by atoms with E-state index in [4.69, 9.17) is 16.7 Å². The first-order chi connectivity index (χ1) is 11.9. The summed E-state index contributed by atoms with van der Waals surface area (Å²) in [6.07, 6.45) is 3.10. The molecule has 0 radical (unpaired) electrons. The van der Waals surface area contributed by atoms with E-state index in [0.29, 0.717) is 17.9 Å². The molecular formula is C19H22ClNO4. The Morgan fingerprint density at radius 3 is 2.48 bits per heavy atom. The predicted molar refractivity (Wildman–Crippen MR) is 94.2 cm³/mol. The molecule has 1 saturated heterocycles. The SMILES string of the molecule is C[C@H](O)[C@H](C1=CC1)N1C(=O)C(CC(=O)O)CC[C@H]1c1ccc(Cl)cc1. The minimum atomic E-state index is -0.970. The van der Waals surface area contributed by atoms with E-state index in [1.165, 1.54) is 0 Å². The van der Waals surface area contributed by atoms with Crippen LogP contribution in [-0.4, -0.2) is 39.1 Å². The van der Waals surface area contributed by atoms with Crippen molar-refractivity contribution in [3.05, 3.63) is 46.5 Å². The third-order valence-electron chi connectivity index (χ3n) is 4.98. The maximum atomic E-state index is 13.1. The zero-order valence-electron chi connectivity index (χ0n) is 14.1. The second-order valence-corrected chi connectivity index (χ2v) is 7.29. The highest BCUT2D eigenvalue weighted by Gasteiger charge is 2.44. The Kier molecular flexibility index (Phi) is 5.16. The molecule has 0 spiro atoms. The summed E-state index contributed by atoms with van der Waals surface area (Å²) in [7, 11) is 0. The predicted octanol–water partition coefficient (Wildman–Crippen LogP) is 3.17. The Hall–Kier alpha value is -1.85. The largest absolute Gasteiger partial charge is 0.481 e. The lowest BCUT2D eigenvalue weighted by Gasteiger charge is -2.44. The maximum absolute atomic E-state index is 13.1. The summed E-state index contributed by atoms with van der Waals surface area (Å²) in [5, 5.41) is 20.0. The van der Waals surface area contributed by atoms with Gasteiger partial charge in [0.2, 0.25) is 5.91 Å². The highest BCUT2D eigenvalue weighted by Crippen LogP contribution is 2.42. The quantitative estimate of drug-likeness (QED) is 0.761. The summed E-state index contributed by atoms with van der Waals surface area (Å²) < 4.78 is 0. The summed E-state index contributed by atoms with van der Waals surface area (Å²) in [4.78, 5) is 25.9. The Morgan fingerprint density at radius 1 is 1.32 bits per heavy atom. The molecule has 2 N–H and O–H groups in total. The van der Waals surface area contributed by atoms with E-state index in [0.717, 1.165) is 17.6 Å². The zero-order chi connectivity index (χ0) is 18.1. The average molecular weight is 364 g/mol. The van der Waals surface area contributed by atoms with Crippen LogP contribution in [0.4, 0.5) is 0 Å². The lowest BCUT2D eigenvalue weighted by atomic mass is 9.84. The summed E-state index contributed by atoms with van der Waals surface area (Å²) in [5.41, 5.74) is 2.00. The molecule has 0 bridgehead atoms. The molecule has 1 fully saturated rings. The Labute approximate surface area is 151 Å². The van der Waals surface area contributed by atoms with Gasteiger partial charge in [0, 0.05) is 10.9 Å². The Bertz CT molecular complexity index is 698. The fourth-order valence-electron chi connectivity index (χ4n) is 3.75. The van der Waals surface area contributed by atoms with Crippen LogP contribution in [0.2, 0.25) is 5.02 Å². The molecule has 1 aromatic rings. The van der Waals surface area contributed by atoms with Gasteiger partial charge in [-0.2, -0.15) is 0 Å². The molecule has 0 aromatic heterocycles. The third kappa shape index (κ3) is 3.88. The van der Waals surface area contributed by atoms with Crippen LogP contribution in [0.15, 0.2) is 35.9 Å². The van der Waals surface area contributed by atoms with Crippen molar-refractivity contribution in [1.29, 1.82) is 0 Å². The highest BCUT2D eigenvalue weighted by molar-refractivity contribution is 6.30. The average Bonchev–Trinajstić information content (AvgIpc) is 3.36. The van der Waals surface area contributed by atoms with E-state index in [1.54, 1.807) is 24.0 Å². The normalized spacial score (nSPS) is 25.3. The van der Waals surface area contributed by atoms with Crippen LogP contribution in [0.3, 0.4) is 0 Å². The number of carboxylic acid groups (broad SMARTS) is 1. The van der Waals surface area contributed by atoms with Gasteiger partial charge < -0.3 is 15.1 Å². The number of carbonyl (C=O) groups excluding carboxylic acids is 1. The molecule has 1 aliphatic heterocycles. The number of carboxylic acids is 1. The molecule has 134 valence electrons. The number of benzene rings is 1. The van der Waals surface area contributed by atoms with Crippen molar-refractivity contribution in [1.82, 2.24) is 4.90 Å². The molecule has 1 amide bonds. The second-order valence-electron chi connectivity index (χ2n) is 6.85. The van der Waals surface area contributed by atoms with Crippen LogP contribution >= 0.6 is 11.6 Å². The van der Waals surface area contributed by atoms with Crippen LogP contribution in [0.25, 0.3) is 0 Å². The number of likely N-dealkylation sites (tertiary alicyclic amines) is 1. The summed E-state index contributed by atoms with van der Waals surface area (Å²) in [5.74, 6) is -1.70. The van der Waals surface area contributed by atoms with Crippen LogP contribution in [0.5, 0.6) is 0 Å². The van der Waals surface area contributed by atoms with Gasteiger partial charge in [-0.25, -0.2) is 0 Å². The molecule has 4 atom stereocenters. The van der Waals surface area contributed by atoms with Gasteiger partial charge in [-0.3, -0.25) is 9.59 Å². The van der Waals surface area contributed by atoms with Gasteiger partial charge in [0.15, 0.2) is 0 Å². The van der Waals surface area contributed by atoms with Crippen LogP contribution in [0, 0.1) is 5.92 Å². The van der Waals surface area contributed by atoms with Crippen molar-refractivity contribution in [2.24, 2.45) is 5.92 Å². The van der Waals surface area contributed by atoms with Crippen LogP contribution in [-0.2, 0) is 9.59 Å². The lowest BCUT2D eigenvalue weighted by Crippen LogP contribution is -2.52. The fraction of sp³-hybridized carbons (Fsp3) is 0.474. The third-order valence-corrected chi connectivity index (χ3v) is 5.23. The van der Waals surface area contributed by atoms with E-state index in [2.05, 4.69) is 0 Å². The number of aliphatic hydroxyl groups excluding tert-OH is 1. The van der Waals surface area contributed by atoms with Gasteiger partial charge >= 0.3 is 5.97 Å². The van der Waals surface area contributed by atoms with Gasteiger partial charge in [-0.1, -0.05) is 29.8 Å². The number of piperidine rings is 1. The number of allylic oxidation sites excluding steroid dienone is 1. The van der Waals surface area contributed by atoms with Crippen LogP contribution < -0.4 is 0 Å². The molecule has 1 aromatic carbocycles. The molecule has 1 aliphatic carbocycles. The molecule has 1 unspecified atom stereocenters. The molecule has 1 heterocycles. The second kappa shape index (κ2) is 7.18. The molecule has 5 nitrogen and oxygen atoms in total. The summed E-state index contributed by atoms with van der Waals surface area (Å²) in [6.45, 7) is 1.68. The Morgan fingerprint density at radius 2 is 1.96 bits per heavy atom. The first-order valence-corrected chi connectivity index (χ1v) is 8.92. The number of halogens is 1. The number of nitrogens with zero attached hydrogens (tertiary/aromatic N) is 1. The van der Waals surface area contributed by atoms with E-state index in [1.807, 2.05) is 18.2 Å². The van der Waals surface area contributed by atoms with Gasteiger partial charge in [0.1, 0.15) is 0 Å². The topological polar surface area (TPSA) is 77.8 Å². The van der Waals surface area contributed by atoms with Gasteiger partial charge in [-0.05, 0) is 49.5 Å². The van der Waals surface area contributed by atoms with E-state index in [9.17, 15) is 14.7 Å². The van der Waals surface area contributed by atoms with E-state index < -0.39 is 24.0 Å². The van der Waals surface area contributed by atoms with Crippen molar-refractivity contribution in [2.75, 3.05) is 0 Å². The fourth-order valence-corrected chi connectivity index (χ4v) is 3.88. The first kappa shape index (κ1) is 18.0. The molecule has 3 rings (SSSR count). The van der Waals surface area contributed by atoms with E-state index >= 15 is 0 Å². The highest BCUT2D eigenvalue weighted by atomic mass is 35.5. The van der Waals surface area contributed by atoms with Gasteiger partial charge in [0.05, 0.1) is 24.6 Å². The standard InChI is InChI=1S/C19H22ClNO4/c1-11(22)18(13-2-3-13)21-16(12-4-7-15(20)8-5-12)9-6-14(19(21)25)10-17(23)24/h2,4-5,7-8,11,14,16,18,22H,3,6,9-10H2,1H3,(H,23,24)/t11-,14?,16-,18+/m0/s1. The smallest absolute Gasteiger partial charge is 0.304 e. The molecule has 2 aliphatic rings. The van der Waals surface area contributed by atoms with E-state index in [-0.39, 0.29) is 18.4 Å². The van der Waals surface area contributed by atoms with Crippen molar-refractivity contribution in [3.8, 4) is 0 Å². The maximum Gasteiger partial charge on any atom is 0.304 e. The monoisotopic (exact) mass is 363 g/mol. The Balaban J connectivity index is 1.95. The number of amides is 1. The summed E-state index contributed by atoms with van der Waals surface area (Å²) >= 11 is 5.97. The van der Waals surface area contributed by atoms with Crippen molar-refractivity contribution in [3.63, 3.8) is 0 Å². The molecule has 6 heteroatoms. The molecular weight excluding hydrogens is 342 g/mol. The molecule has 25 heavy (non-hydrogen) atoms. The number of aliphatic carboxylic acids is 1.